The van der Waals surface area contributed by atoms with Gasteiger partial charge in [-0.05, 0) is 37.5 Å². The Morgan fingerprint density at radius 2 is 2.17 bits per heavy atom. The van der Waals surface area contributed by atoms with Crippen molar-refractivity contribution in [3.63, 3.8) is 0 Å². The van der Waals surface area contributed by atoms with Crippen LogP contribution >= 0.6 is 0 Å². The lowest BCUT2D eigenvalue weighted by Crippen LogP contribution is -2.32. The summed E-state index contributed by atoms with van der Waals surface area (Å²) in [7, 11) is 0. The average molecular weight is 242 g/mol. The first kappa shape index (κ1) is 11.3. The average Bonchev–Trinajstić information content (AvgIpc) is 2.93. The first-order chi connectivity index (χ1) is 8.83. The van der Waals surface area contributed by atoms with Crippen LogP contribution in [0.15, 0.2) is 30.7 Å². The number of piperidine rings is 1. The Morgan fingerprint density at radius 1 is 1.33 bits per heavy atom. The summed E-state index contributed by atoms with van der Waals surface area (Å²) < 4.78 is 0. The highest BCUT2D eigenvalue weighted by molar-refractivity contribution is 5.42. The van der Waals surface area contributed by atoms with Gasteiger partial charge in [-0.3, -0.25) is 10.1 Å². The molecule has 2 aromatic heterocycles. The van der Waals surface area contributed by atoms with Gasteiger partial charge >= 0.3 is 0 Å². The third kappa shape index (κ3) is 2.23. The van der Waals surface area contributed by atoms with Crippen LogP contribution in [-0.2, 0) is 0 Å². The Labute approximate surface area is 107 Å². The molecule has 1 saturated heterocycles. The first-order valence-electron chi connectivity index (χ1n) is 6.49. The molecule has 1 N–H and O–H groups in total. The minimum Gasteiger partial charge on any atom is -0.369 e. The molecule has 0 radical (unpaired) electrons. The van der Waals surface area contributed by atoms with Crippen molar-refractivity contribution >= 4 is 5.69 Å². The van der Waals surface area contributed by atoms with Crippen molar-refractivity contribution in [2.45, 2.75) is 25.7 Å². The Bertz CT molecular complexity index is 498. The number of H-pyrrole nitrogens is 1. The van der Waals surface area contributed by atoms with E-state index in [1.807, 2.05) is 18.6 Å². The van der Waals surface area contributed by atoms with E-state index in [1.165, 1.54) is 29.8 Å². The number of nitrogens with zero attached hydrogens (tertiary/aromatic N) is 3. The Morgan fingerprint density at radius 3 is 2.83 bits per heavy atom. The van der Waals surface area contributed by atoms with Crippen LogP contribution in [0.3, 0.4) is 0 Å². The van der Waals surface area contributed by atoms with E-state index in [1.54, 1.807) is 0 Å². The number of rotatable bonds is 2. The second kappa shape index (κ2) is 4.80. The first-order valence-corrected chi connectivity index (χ1v) is 6.49. The lowest BCUT2D eigenvalue weighted by molar-refractivity contribution is 0.496. The van der Waals surface area contributed by atoms with Gasteiger partial charge in [-0.2, -0.15) is 5.10 Å². The molecule has 4 nitrogen and oxygen atoms in total. The van der Waals surface area contributed by atoms with Gasteiger partial charge in [0.1, 0.15) is 0 Å². The van der Waals surface area contributed by atoms with Crippen molar-refractivity contribution in [3.05, 3.63) is 42.0 Å². The minimum atomic E-state index is 0.605. The Hall–Kier alpha value is -1.84. The van der Waals surface area contributed by atoms with Crippen molar-refractivity contribution in [2.75, 3.05) is 18.0 Å². The number of aromatic nitrogens is 3. The molecule has 0 spiro atoms. The van der Waals surface area contributed by atoms with Crippen LogP contribution in [0.1, 0.15) is 30.0 Å². The van der Waals surface area contributed by atoms with Gasteiger partial charge in [-0.15, -0.1) is 0 Å². The fourth-order valence-electron chi connectivity index (χ4n) is 2.63. The van der Waals surface area contributed by atoms with Gasteiger partial charge in [0, 0.05) is 37.1 Å². The summed E-state index contributed by atoms with van der Waals surface area (Å²) in [5, 5.41) is 6.88. The fourth-order valence-corrected chi connectivity index (χ4v) is 2.63. The molecular weight excluding hydrogens is 224 g/mol. The maximum Gasteiger partial charge on any atom is 0.0749 e. The molecule has 0 atom stereocenters. The molecule has 0 bridgehead atoms. The van der Waals surface area contributed by atoms with Crippen LogP contribution in [0.4, 0.5) is 5.69 Å². The summed E-state index contributed by atoms with van der Waals surface area (Å²) in [4.78, 5) is 6.90. The number of aryl methyl sites for hydroxylation is 1. The second-order valence-corrected chi connectivity index (χ2v) is 4.98. The summed E-state index contributed by atoms with van der Waals surface area (Å²) in [6, 6.07) is 4.28. The maximum absolute atomic E-state index is 4.51. The number of aromatic amines is 1. The van der Waals surface area contributed by atoms with Gasteiger partial charge in [0.05, 0.1) is 11.9 Å². The summed E-state index contributed by atoms with van der Waals surface area (Å²) in [5.41, 5.74) is 3.75. The smallest absolute Gasteiger partial charge is 0.0749 e. The van der Waals surface area contributed by atoms with Crippen molar-refractivity contribution in [2.24, 2.45) is 0 Å². The van der Waals surface area contributed by atoms with E-state index in [4.69, 9.17) is 0 Å². The van der Waals surface area contributed by atoms with E-state index in [0.29, 0.717) is 5.92 Å². The van der Waals surface area contributed by atoms with Crippen molar-refractivity contribution in [1.29, 1.82) is 0 Å². The number of hydrogen-bond acceptors (Lipinski definition) is 3. The van der Waals surface area contributed by atoms with E-state index < -0.39 is 0 Å². The molecule has 0 aromatic carbocycles. The third-order valence-corrected chi connectivity index (χ3v) is 3.70. The predicted molar refractivity (Wildman–Crippen MR) is 71.7 cm³/mol. The standard InChI is InChI=1S/C14H18N4/c1-11-2-5-15-14(8-11)12-3-6-18(7-4-12)13-9-16-17-10-13/h2,5,8-10,12H,3-4,6-7H2,1H3,(H,16,17). The largest absolute Gasteiger partial charge is 0.369 e. The monoisotopic (exact) mass is 242 g/mol. The van der Waals surface area contributed by atoms with Gasteiger partial charge in [-0.25, -0.2) is 0 Å². The molecule has 94 valence electrons. The number of pyridine rings is 1. The Kier molecular flexibility index (Phi) is 3.00. The molecule has 4 heteroatoms. The molecule has 1 aliphatic rings. The van der Waals surface area contributed by atoms with Gasteiger partial charge in [0.2, 0.25) is 0 Å². The lowest BCUT2D eigenvalue weighted by Gasteiger charge is -2.32. The third-order valence-electron chi connectivity index (χ3n) is 3.70. The zero-order valence-electron chi connectivity index (χ0n) is 10.6. The normalized spacial score (nSPS) is 17.1. The molecule has 1 fully saturated rings. The van der Waals surface area contributed by atoms with Crippen molar-refractivity contribution < 1.29 is 0 Å². The highest BCUT2D eigenvalue weighted by Crippen LogP contribution is 2.29. The van der Waals surface area contributed by atoms with Crippen LogP contribution in [0.2, 0.25) is 0 Å². The zero-order valence-corrected chi connectivity index (χ0v) is 10.6. The fraction of sp³-hybridized carbons (Fsp3) is 0.429. The van der Waals surface area contributed by atoms with Gasteiger partial charge in [0.25, 0.3) is 0 Å². The van der Waals surface area contributed by atoms with Crippen LogP contribution in [0.5, 0.6) is 0 Å². The zero-order chi connectivity index (χ0) is 12.4. The molecule has 0 aliphatic carbocycles. The van der Waals surface area contributed by atoms with E-state index in [0.717, 1.165) is 13.1 Å². The minimum absolute atomic E-state index is 0.605. The number of anilines is 1. The van der Waals surface area contributed by atoms with Gasteiger partial charge in [0.15, 0.2) is 0 Å². The van der Waals surface area contributed by atoms with E-state index in [-0.39, 0.29) is 0 Å². The molecule has 1 aliphatic heterocycles. The van der Waals surface area contributed by atoms with Crippen LogP contribution in [-0.4, -0.2) is 28.3 Å². The van der Waals surface area contributed by atoms with Crippen LogP contribution < -0.4 is 4.90 Å². The maximum atomic E-state index is 4.51. The SMILES string of the molecule is Cc1ccnc(C2CCN(c3cn[nH]c3)CC2)c1. The van der Waals surface area contributed by atoms with E-state index >= 15 is 0 Å². The van der Waals surface area contributed by atoms with Crippen LogP contribution in [0.25, 0.3) is 0 Å². The second-order valence-electron chi connectivity index (χ2n) is 4.98. The van der Waals surface area contributed by atoms with Gasteiger partial charge in [-0.1, -0.05) is 0 Å². The lowest BCUT2D eigenvalue weighted by atomic mass is 9.92. The number of nitrogens with one attached hydrogen (secondary N) is 1. The van der Waals surface area contributed by atoms with Crippen LogP contribution in [0, 0.1) is 6.92 Å². The van der Waals surface area contributed by atoms with Gasteiger partial charge < -0.3 is 4.90 Å². The molecule has 3 heterocycles. The summed E-state index contributed by atoms with van der Waals surface area (Å²) in [6.45, 7) is 4.30. The predicted octanol–water partition coefficient (Wildman–Crippen LogP) is 2.50. The molecule has 18 heavy (non-hydrogen) atoms. The molecular formula is C14H18N4. The van der Waals surface area contributed by atoms with E-state index in [9.17, 15) is 0 Å². The number of hydrogen-bond donors (Lipinski definition) is 1. The summed E-state index contributed by atoms with van der Waals surface area (Å²) in [5.74, 6) is 0.605. The molecule has 0 amide bonds. The van der Waals surface area contributed by atoms with E-state index in [2.05, 4.69) is 39.1 Å². The summed E-state index contributed by atoms with van der Waals surface area (Å²) >= 11 is 0. The van der Waals surface area contributed by atoms with Crippen molar-refractivity contribution in [3.8, 4) is 0 Å². The molecule has 3 rings (SSSR count). The molecule has 0 unspecified atom stereocenters. The highest BCUT2D eigenvalue weighted by atomic mass is 15.2. The molecule has 0 saturated carbocycles. The quantitative estimate of drug-likeness (QED) is 0.880. The molecule has 2 aromatic rings. The summed E-state index contributed by atoms with van der Waals surface area (Å²) in [6.07, 6.45) is 8.12. The highest BCUT2D eigenvalue weighted by Gasteiger charge is 2.22. The Balaban J connectivity index is 1.67. The topological polar surface area (TPSA) is 44.8 Å². The van der Waals surface area contributed by atoms with Crippen molar-refractivity contribution in [1.82, 2.24) is 15.2 Å².